The van der Waals surface area contributed by atoms with Crippen LogP contribution in [0, 0.1) is 5.82 Å². The lowest BCUT2D eigenvalue weighted by atomic mass is 10.1. The molecule has 2 heterocycles. The molecule has 1 aromatic heterocycles. The second kappa shape index (κ2) is 8.34. The Morgan fingerprint density at radius 1 is 1.28 bits per heavy atom. The van der Waals surface area contributed by atoms with Crippen molar-refractivity contribution in [2.75, 3.05) is 25.1 Å². The van der Waals surface area contributed by atoms with Crippen LogP contribution in [0.15, 0.2) is 54.6 Å². The standard InChI is InChI=1S/C22H23FN4O2/c1-29-19-4-2-3-15(11-19)12-22(28)24-18-9-10-27(14-18)21-13-20(25-26-21)16-5-7-17(23)8-6-16/h2-8,11,13,18H,9-10,12,14H2,1H3,(H,24,28)(H,25,26)/t18-/m0/s1. The summed E-state index contributed by atoms with van der Waals surface area (Å²) in [5, 5.41) is 10.5. The fourth-order valence-corrected chi connectivity index (χ4v) is 3.58. The number of amides is 1. The molecule has 4 rings (SSSR count). The average molecular weight is 394 g/mol. The normalized spacial score (nSPS) is 16.1. The Morgan fingerprint density at radius 2 is 2.10 bits per heavy atom. The largest absolute Gasteiger partial charge is 0.497 e. The number of carbonyl (C=O) groups is 1. The van der Waals surface area contributed by atoms with Crippen LogP contribution in [0.25, 0.3) is 11.3 Å². The number of benzene rings is 2. The minimum atomic E-state index is -0.263. The van der Waals surface area contributed by atoms with Gasteiger partial charge in [-0.2, -0.15) is 5.10 Å². The number of methoxy groups -OCH3 is 1. The first-order valence-electron chi connectivity index (χ1n) is 9.59. The number of nitrogens with one attached hydrogen (secondary N) is 2. The van der Waals surface area contributed by atoms with E-state index in [1.165, 1.54) is 12.1 Å². The predicted octanol–water partition coefficient (Wildman–Crippen LogP) is 3.16. The molecule has 1 atom stereocenters. The Hall–Kier alpha value is -3.35. The van der Waals surface area contributed by atoms with E-state index < -0.39 is 0 Å². The summed E-state index contributed by atoms with van der Waals surface area (Å²) < 4.78 is 18.3. The highest BCUT2D eigenvalue weighted by Crippen LogP contribution is 2.24. The van der Waals surface area contributed by atoms with E-state index in [-0.39, 0.29) is 17.8 Å². The Balaban J connectivity index is 1.33. The quantitative estimate of drug-likeness (QED) is 0.674. The number of H-pyrrole nitrogens is 1. The predicted molar refractivity (Wildman–Crippen MR) is 109 cm³/mol. The fourth-order valence-electron chi connectivity index (χ4n) is 3.58. The third kappa shape index (κ3) is 4.56. The van der Waals surface area contributed by atoms with E-state index in [1.807, 2.05) is 30.3 Å². The molecule has 2 aromatic carbocycles. The fraction of sp³-hybridized carbons (Fsp3) is 0.273. The lowest BCUT2D eigenvalue weighted by Gasteiger charge is -2.16. The number of anilines is 1. The van der Waals surface area contributed by atoms with Gasteiger partial charge in [0.25, 0.3) is 0 Å². The number of aromatic nitrogens is 2. The van der Waals surface area contributed by atoms with Crippen molar-refractivity contribution >= 4 is 11.7 Å². The van der Waals surface area contributed by atoms with Crippen LogP contribution in [0.5, 0.6) is 5.75 Å². The maximum absolute atomic E-state index is 13.1. The number of hydrogen-bond acceptors (Lipinski definition) is 4. The van der Waals surface area contributed by atoms with Gasteiger partial charge < -0.3 is 15.0 Å². The van der Waals surface area contributed by atoms with Crippen LogP contribution in [-0.2, 0) is 11.2 Å². The highest BCUT2D eigenvalue weighted by molar-refractivity contribution is 5.79. The molecule has 0 unspecified atom stereocenters. The Kier molecular flexibility index (Phi) is 5.46. The molecule has 1 saturated heterocycles. The average Bonchev–Trinajstić information content (AvgIpc) is 3.38. The number of halogens is 1. The molecular formula is C22H23FN4O2. The number of aromatic amines is 1. The van der Waals surface area contributed by atoms with Crippen molar-refractivity contribution < 1.29 is 13.9 Å². The molecule has 29 heavy (non-hydrogen) atoms. The van der Waals surface area contributed by atoms with E-state index in [0.717, 1.165) is 41.4 Å². The number of carbonyl (C=O) groups excluding carboxylic acids is 1. The van der Waals surface area contributed by atoms with Gasteiger partial charge in [-0.3, -0.25) is 9.89 Å². The van der Waals surface area contributed by atoms with Gasteiger partial charge in [0.15, 0.2) is 5.82 Å². The molecule has 0 spiro atoms. The molecule has 1 fully saturated rings. The zero-order chi connectivity index (χ0) is 20.2. The van der Waals surface area contributed by atoms with Crippen molar-refractivity contribution in [1.29, 1.82) is 0 Å². The maximum Gasteiger partial charge on any atom is 0.224 e. The zero-order valence-corrected chi connectivity index (χ0v) is 16.2. The Labute approximate surface area is 168 Å². The third-order valence-corrected chi connectivity index (χ3v) is 5.10. The molecule has 1 amide bonds. The first kappa shape index (κ1) is 19.0. The molecule has 1 aliphatic rings. The highest BCUT2D eigenvalue weighted by Gasteiger charge is 2.25. The molecule has 150 valence electrons. The van der Waals surface area contributed by atoms with Crippen molar-refractivity contribution in [2.24, 2.45) is 0 Å². The summed E-state index contributed by atoms with van der Waals surface area (Å²) in [7, 11) is 1.61. The molecule has 0 aliphatic carbocycles. The molecule has 7 heteroatoms. The second-order valence-corrected chi connectivity index (χ2v) is 7.17. The molecule has 0 bridgehead atoms. The van der Waals surface area contributed by atoms with E-state index in [0.29, 0.717) is 13.0 Å². The summed E-state index contributed by atoms with van der Waals surface area (Å²) in [4.78, 5) is 14.5. The van der Waals surface area contributed by atoms with E-state index in [9.17, 15) is 9.18 Å². The molecular weight excluding hydrogens is 371 g/mol. The van der Waals surface area contributed by atoms with Crippen LogP contribution in [0.2, 0.25) is 0 Å². The SMILES string of the molecule is COc1cccc(CC(=O)N[C@H]2CCN(c3cc(-c4ccc(F)cc4)[nH]n3)C2)c1. The number of ether oxygens (including phenoxy) is 1. The van der Waals surface area contributed by atoms with Gasteiger partial charge in [0.05, 0.1) is 19.2 Å². The molecule has 3 aromatic rings. The molecule has 0 saturated carbocycles. The van der Waals surface area contributed by atoms with E-state index in [2.05, 4.69) is 20.4 Å². The number of hydrogen-bond donors (Lipinski definition) is 2. The number of nitrogens with zero attached hydrogens (tertiary/aromatic N) is 2. The van der Waals surface area contributed by atoms with Gasteiger partial charge in [-0.1, -0.05) is 12.1 Å². The number of rotatable bonds is 6. The first-order chi connectivity index (χ1) is 14.1. The minimum absolute atomic E-state index is 0.000804. The van der Waals surface area contributed by atoms with Crippen LogP contribution >= 0.6 is 0 Å². The van der Waals surface area contributed by atoms with Crippen LogP contribution in [0.1, 0.15) is 12.0 Å². The van der Waals surface area contributed by atoms with Crippen molar-refractivity contribution in [3.8, 4) is 17.0 Å². The van der Waals surface area contributed by atoms with Crippen molar-refractivity contribution in [3.05, 3.63) is 66.0 Å². The summed E-state index contributed by atoms with van der Waals surface area (Å²) in [6.07, 6.45) is 1.19. The van der Waals surface area contributed by atoms with Gasteiger partial charge in [0.2, 0.25) is 5.91 Å². The lowest BCUT2D eigenvalue weighted by molar-refractivity contribution is -0.121. The Morgan fingerprint density at radius 3 is 2.90 bits per heavy atom. The summed E-state index contributed by atoms with van der Waals surface area (Å²) >= 11 is 0. The van der Waals surface area contributed by atoms with Crippen molar-refractivity contribution in [2.45, 2.75) is 18.9 Å². The minimum Gasteiger partial charge on any atom is -0.497 e. The van der Waals surface area contributed by atoms with Gasteiger partial charge in [0, 0.05) is 25.2 Å². The zero-order valence-electron chi connectivity index (χ0n) is 16.2. The molecule has 2 N–H and O–H groups in total. The topological polar surface area (TPSA) is 70.2 Å². The van der Waals surface area contributed by atoms with Crippen molar-refractivity contribution in [1.82, 2.24) is 15.5 Å². The third-order valence-electron chi connectivity index (χ3n) is 5.10. The van der Waals surface area contributed by atoms with Crippen molar-refractivity contribution in [3.63, 3.8) is 0 Å². The smallest absolute Gasteiger partial charge is 0.224 e. The van der Waals surface area contributed by atoms with Gasteiger partial charge in [-0.05, 0) is 53.9 Å². The van der Waals surface area contributed by atoms with Crippen LogP contribution in [-0.4, -0.2) is 42.3 Å². The van der Waals surface area contributed by atoms with E-state index >= 15 is 0 Å². The summed E-state index contributed by atoms with van der Waals surface area (Å²) in [6, 6.07) is 15.9. The summed E-state index contributed by atoms with van der Waals surface area (Å²) in [5.74, 6) is 1.31. The van der Waals surface area contributed by atoms with Gasteiger partial charge in [-0.15, -0.1) is 0 Å². The van der Waals surface area contributed by atoms with Crippen LogP contribution in [0.4, 0.5) is 10.2 Å². The highest BCUT2D eigenvalue weighted by atomic mass is 19.1. The van der Waals surface area contributed by atoms with Gasteiger partial charge in [-0.25, -0.2) is 4.39 Å². The lowest BCUT2D eigenvalue weighted by Crippen LogP contribution is -2.38. The van der Waals surface area contributed by atoms with Gasteiger partial charge in [0.1, 0.15) is 11.6 Å². The molecule has 6 nitrogen and oxygen atoms in total. The molecule has 0 radical (unpaired) electrons. The second-order valence-electron chi connectivity index (χ2n) is 7.17. The monoisotopic (exact) mass is 394 g/mol. The Bertz CT molecular complexity index is 986. The van der Waals surface area contributed by atoms with Gasteiger partial charge >= 0.3 is 0 Å². The summed E-state index contributed by atoms with van der Waals surface area (Å²) in [5.41, 5.74) is 2.64. The molecule has 1 aliphatic heterocycles. The maximum atomic E-state index is 13.1. The summed E-state index contributed by atoms with van der Waals surface area (Å²) in [6.45, 7) is 1.52. The first-order valence-corrected chi connectivity index (χ1v) is 9.59. The van der Waals surface area contributed by atoms with E-state index in [1.54, 1.807) is 19.2 Å². The van der Waals surface area contributed by atoms with Crippen LogP contribution < -0.4 is 15.0 Å². The van der Waals surface area contributed by atoms with E-state index in [4.69, 9.17) is 4.74 Å². The van der Waals surface area contributed by atoms with Crippen LogP contribution in [0.3, 0.4) is 0 Å².